The molecule has 0 bridgehead atoms. The van der Waals surface area contributed by atoms with Crippen molar-refractivity contribution in [1.82, 2.24) is 4.72 Å². The van der Waals surface area contributed by atoms with Gasteiger partial charge >= 0.3 is 0 Å². The second kappa shape index (κ2) is 2.71. The van der Waals surface area contributed by atoms with E-state index in [-0.39, 0.29) is 0 Å². The summed E-state index contributed by atoms with van der Waals surface area (Å²) in [7, 11) is -1.47. The molecule has 0 unspecified atom stereocenters. The topological polar surface area (TPSA) is 58.2 Å². The van der Waals surface area contributed by atoms with Crippen LogP contribution in [-0.2, 0) is 16.6 Å². The van der Waals surface area contributed by atoms with Gasteiger partial charge in [-0.05, 0) is 17.7 Å². The highest BCUT2D eigenvalue weighted by Gasteiger charge is 2.25. The van der Waals surface area contributed by atoms with Crippen LogP contribution in [-0.4, -0.2) is 15.5 Å². The second-order valence-corrected chi connectivity index (χ2v) is 4.63. The zero-order chi connectivity index (χ0) is 9.47. The minimum Gasteiger partial charge on any atom is -0.388 e. The highest BCUT2D eigenvalue weighted by atomic mass is 32.2. The van der Waals surface area contributed by atoms with Crippen LogP contribution in [0.4, 0.5) is 5.69 Å². The van der Waals surface area contributed by atoms with Crippen molar-refractivity contribution in [3.05, 3.63) is 23.8 Å². The first-order valence-electron chi connectivity index (χ1n) is 3.94. The summed E-state index contributed by atoms with van der Waals surface area (Å²) in [4.78, 5) is 0.388. The van der Waals surface area contributed by atoms with Crippen molar-refractivity contribution in [1.29, 1.82) is 0 Å². The quantitative estimate of drug-likeness (QED) is 0.691. The van der Waals surface area contributed by atoms with Crippen LogP contribution in [0.1, 0.15) is 5.56 Å². The van der Waals surface area contributed by atoms with E-state index in [1.165, 1.54) is 0 Å². The fourth-order valence-electron chi connectivity index (χ4n) is 1.36. The Kier molecular flexibility index (Phi) is 1.78. The van der Waals surface area contributed by atoms with Crippen molar-refractivity contribution in [3.8, 4) is 0 Å². The van der Waals surface area contributed by atoms with Crippen molar-refractivity contribution in [2.45, 2.75) is 11.4 Å². The van der Waals surface area contributed by atoms with Crippen LogP contribution < -0.4 is 10.0 Å². The first-order chi connectivity index (χ1) is 6.13. The van der Waals surface area contributed by atoms with E-state index in [0.717, 1.165) is 11.3 Å². The lowest BCUT2D eigenvalue weighted by Crippen LogP contribution is -2.13. The Hall–Kier alpha value is -1.07. The number of nitrogens with one attached hydrogen (secondary N) is 2. The molecule has 2 N–H and O–H groups in total. The summed E-state index contributed by atoms with van der Waals surface area (Å²) in [6, 6.07) is 5.32. The number of fused-ring (bicyclic) bond motifs is 1. The Morgan fingerprint density at radius 2 is 2.23 bits per heavy atom. The van der Waals surface area contributed by atoms with E-state index < -0.39 is 10.0 Å². The zero-order valence-electron chi connectivity index (χ0n) is 7.16. The van der Waals surface area contributed by atoms with E-state index in [0.29, 0.717) is 11.4 Å². The molecule has 2 rings (SSSR count). The molecule has 0 amide bonds. The SMILES string of the molecule is CNc1ccc2c(c1)S(=O)(=O)NC2. The zero-order valence-corrected chi connectivity index (χ0v) is 7.98. The van der Waals surface area contributed by atoms with Gasteiger partial charge in [-0.3, -0.25) is 0 Å². The molecule has 1 aliphatic heterocycles. The van der Waals surface area contributed by atoms with Gasteiger partial charge in [0.1, 0.15) is 0 Å². The lowest BCUT2D eigenvalue weighted by molar-refractivity contribution is 0.589. The Labute approximate surface area is 77.0 Å². The van der Waals surface area contributed by atoms with Gasteiger partial charge in [0.2, 0.25) is 10.0 Å². The summed E-state index contributed by atoms with van der Waals surface area (Å²) in [6.07, 6.45) is 0. The van der Waals surface area contributed by atoms with Crippen LogP contribution >= 0.6 is 0 Å². The van der Waals surface area contributed by atoms with Gasteiger partial charge in [0, 0.05) is 19.3 Å². The summed E-state index contributed by atoms with van der Waals surface area (Å²) in [5, 5.41) is 2.90. The fraction of sp³-hybridized carbons (Fsp3) is 0.250. The summed E-state index contributed by atoms with van der Waals surface area (Å²) in [5.41, 5.74) is 1.64. The molecule has 0 fully saturated rings. The summed E-state index contributed by atoms with van der Waals surface area (Å²) in [6.45, 7) is 0.404. The number of benzene rings is 1. The molecule has 1 heterocycles. The lowest BCUT2D eigenvalue weighted by Gasteiger charge is -2.01. The maximum absolute atomic E-state index is 11.4. The van der Waals surface area contributed by atoms with Crippen molar-refractivity contribution in [3.63, 3.8) is 0 Å². The minimum absolute atomic E-state index is 0.388. The Morgan fingerprint density at radius 3 is 2.92 bits per heavy atom. The number of hydrogen-bond acceptors (Lipinski definition) is 3. The Morgan fingerprint density at radius 1 is 1.46 bits per heavy atom. The largest absolute Gasteiger partial charge is 0.388 e. The standard InChI is InChI=1S/C8H10N2O2S/c1-9-7-3-2-6-5-10-13(11,12)8(6)4-7/h2-4,9-10H,5H2,1H3. The van der Waals surface area contributed by atoms with Crippen LogP contribution in [0, 0.1) is 0 Å². The van der Waals surface area contributed by atoms with Gasteiger partial charge in [-0.2, -0.15) is 0 Å². The van der Waals surface area contributed by atoms with Crippen molar-refractivity contribution < 1.29 is 8.42 Å². The monoisotopic (exact) mass is 198 g/mol. The molecule has 0 saturated heterocycles. The third kappa shape index (κ3) is 1.30. The van der Waals surface area contributed by atoms with E-state index in [2.05, 4.69) is 10.0 Å². The van der Waals surface area contributed by atoms with Gasteiger partial charge in [-0.15, -0.1) is 0 Å². The number of anilines is 1. The molecule has 70 valence electrons. The lowest BCUT2D eigenvalue weighted by atomic mass is 10.2. The molecule has 5 heteroatoms. The average molecular weight is 198 g/mol. The van der Waals surface area contributed by atoms with Crippen LogP contribution in [0.5, 0.6) is 0 Å². The Bertz CT molecular complexity index is 439. The van der Waals surface area contributed by atoms with Crippen LogP contribution in [0.25, 0.3) is 0 Å². The average Bonchev–Trinajstić information content (AvgIpc) is 2.42. The molecule has 0 spiro atoms. The van der Waals surface area contributed by atoms with Gasteiger partial charge in [0.25, 0.3) is 0 Å². The summed E-state index contributed by atoms with van der Waals surface area (Å²) < 4.78 is 25.2. The summed E-state index contributed by atoms with van der Waals surface area (Å²) >= 11 is 0. The second-order valence-electron chi connectivity index (χ2n) is 2.90. The molecule has 0 aromatic heterocycles. The maximum Gasteiger partial charge on any atom is 0.241 e. The Balaban J connectivity index is 2.63. The molecule has 1 aliphatic rings. The van der Waals surface area contributed by atoms with Gasteiger partial charge in [0.15, 0.2) is 0 Å². The molecule has 0 aliphatic carbocycles. The third-order valence-electron chi connectivity index (χ3n) is 2.10. The first-order valence-corrected chi connectivity index (χ1v) is 5.42. The van der Waals surface area contributed by atoms with E-state index in [1.54, 1.807) is 13.1 Å². The normalized spacial score (nSPS) is 18.2. The summed E-state index contributed by atoms with van der Waals surface area (Å²) in [5.74, 6) is 0. The fourth-order valence-corrected chi connectivity index (χ4v) is 2.63. The van der Waals surface area contributed by atoms with Crippen LogP contribution in [0.3, 0.4) is 0 Å². The molecule has 0 radical (unpaired) electrons. The number of sulfonamides is 1. The van der Waals surface area contributed by atoms with Crippen LogP contribution in [0.15, 0.2) is 23.1 Å². The predicted molar refractivity (Wildman–Crippen MR) is 50.0 cm³/mol. The van der Waals surface area contributed by atoms with Gasteiger partial charge in [-0.25, -0.2) is 13.1 Å². The number of rotatable bonds is 1. The van der Waals surface area contributed by atoms with Crippen LogP contribution in [0.2, 0.25) is 0 Å². The van der Waals surface area contributed by atoms with E-state index in [4.69, 9.17) is 0 Å². The molecule has 4 nitrogen and oxygen atoms in total. The molecule has 13 heavy (non-hydrogen) atoms. The minimum atomic E-state index is -3.23. The molecule has 1 aromatic carbocycles. The predicted octanol–water partition coefficient (Wildman–Crippen LogP) is 0.520. The number of hydrogen-bond donors (Lipinski definition) is 2. The first kappa shape index (κ1) is 8.52. The van der Waals surface area contributed by atoms with E-state index in [9.17, 15) is 8.42 Å². The van der Waals surface area contributed by atoms with E-state index in [1.807, 2.05) is 12.1 Å². The van der Waals surface area contributed by atoms with Gasteiger partial charge < -0.3 is 5.32 Å². The van der Waals surface area contributed by atoms with Crippen molar-refractivity contribution in [2.24, 2.45) is 0 Å². The van der Waals surface area contributed by atoms with Crippen molar-refractivity contribution in [2.75, 3.05) is 12.4 Å². The smallest absolute Gasteiger partial charge is 0.241 e. The highest BCUT2D eigenvalue weighted by Crippen LogP contribution is 2.25. The molecular formula is C8H10N2O2S. The van der Waals surface area contributed by atoms with Gasteiger partial charge in [0.05, 0.1) is 4.90 Å². The van der Waals surface area contributed by atoms with E-state index >= 15 is 0 Å². The van der Waals surface area contributed by atoms with Gasteiger partial charge in [-0.1, -0.05) is 6.07 Å². The molecular weight excluding hydrogens is 188 g/mol. The molecule has 0 saturated carbocycles. The molecule has 1 aromatic rings. The third-order valence-corrected chi connectivity index (χ3v) is 3.58. The highest BCUT2D eigenvalue weighted by molar-refractivity contribution is 7.89. The maximum atomic E-state index is 11.4. The van der Waals surface area contributed by atoms with Crippen molar-refractivity contribution >= 4 is 15.7 Å². The molecule has 0 atom stereocenters.